The molecule has 2 heterocycles. The van der Waals surface area contributed by atoms with E-state index in [-0.39, 0.29) is 17.6 Å². The van der Waals surface area contributed by atoms with Crippen molar-refractivity contribution < 1.29 is 13.7 Å². The molecule has 1 saturated heterocycles. The number of hydrogen-bond donors (Lipinski definition) is 0. The smallest absolute Gasteiger partial charge is 0.259 e. The molecular weight excluding hydrogens is 333 g/mol. The standard InChI is InChI=1S/C20H18FN3O2/c21-15-10-8-14(9-11-15)18-22-19(26-23-18)16-6-2-3-7-17(16)20(25)24-12-4-1-5-13-24/h2-3,6-11H,1,4-5,12-13H2. The molecule has 0 unspecified atom stereocenters. The van der Waals surface area contributed by atoms with E-state index < -0.39 is 0 Å². The van der Waals surface area contributed by atoms with Gasteiger partial charge in [-0.1, -0.05) is 17.3 Å². The second-order valence-corrected chi connectivity index (χ2v) is 6.33. The molecule has 5 nitrogen and oxygen atoms in total. The van der Waals surface area contributed by atoms with E-state index in [9.17, 15) is 9.18 Å². The SMILES string of the molecule is O=C(c1ccccc1-c1nc(-c2ccc(F)cc2)no1)N1CCCCC1. The van der Waals surface area contributed by atoms with Gasteiger partial charge < -0.3 is 9.42 Å². The average Bonchev–Trinajstić information content (AvgIpc) is 3.19. The zero-order valence-electron chi connectivity index (χ0n) is 14.2. The molecule has 1 aliphatic heterocycles. The van der Waals surface area contributed by atoms with Crippen molar-refractivity contribution in [3.63, 3.8) is 0 Å². The molecule has 0 spiro atoms. The van der Waals surface area contributed by atoms with Crippen molar-refractivity contribution in [3.05, 3.63) is 59.9 Å². The Labute approximate surface area is 150 Å². The van der Waals surface area contributed by atoms with Gasteiger partial charge in [0, 0.05) is 18.7 Å². The molecule has 1 amide bonds. The van der Waals surface area contributed by atoms with Gasteiger partial charge in [-0.2, -0.15) is 4.98 Å². The number of rotatable bonds is 3. The maximum Gasteiger partial charge on any atom is 0.259 e. The van der Waals surface area contributed by atoms with Crippen LogP contribution in [0.5, 0.6) is 0 Å². The molecule has 0 aliphatic carbocycles. The van der Waals surface area contributed by atoms with Crippen LogP contribution in [0, 0.1) is 5.82 Å². The van der Waals surface area contributed by atoms with E-state index in [1.165, 1.54) is 12.1 Å². The van der Waals surface area contributed by atoms with Crippen molar-refractivity contribution in [1.29, 1.82) is 0 Å². The van der Waals surface area contributed by atoms with E-state index in [2.05, 4.69) is 10.1 Å². The third kappa shape index (κ3) is 3.22. The highest BCUT2D eigenvalue weighted by Gasteiger charge is 2.23. The molecule has 1 fully saturated rings. The summed E-state index contributed by atoms with van der Waals surface area (Å²) in [7, 11) is 0. The van der Waals surface area contributed by atoms with Gasteiger partial charge in [0.2, 0.25) is 5.82 Å². The number of halogens is 1. The Morgan fingerprint density at radius 2 is 1.73 bits per heavy atom. The second-order valence-electron chi connectivity index (χ2n) is 6.33. The Hall–Kier alpha value is -3.02. The first-order valence-corrected chi connectivity index (χ1v) is 8.71. The molecule has 0 radical (unpaired) electrons. The van der Waals surface area contributed by atoms with Crippen LogP contribution in [-0.2, 0) is 0 Å². The molecule has 0 N–H and O–H groups in total. The monoisotopic (exact) mass is 351 g/mol. The largest absolute Gasteiger partial charge is 0.339 e. The number of hydrogen-bond acceptors (Lipinski definition) is 4. The van der Waals surface area contributed by atoms with Crippen LogP contribution in [0.15, 0.2) is 53.1 Å². The zero-order chi connectivity index (χ0) is 17.9. The predicted octanol–water partition coefficient (Wildman–Crippen LogP) is 4.17. The summed E-state index contributed by atoms with van der Waals surface area (Å²) < 4.78 is 18.5. The first-order chi connectivity index (χ1) is 12.7. The molecule has 1 aromatic heterocycles. The lowest BCUT2D eigenvalue weighted by molar-refractivity contribution is 0.0725. The van der Waals surface area contributed by atoms with Crippen molar-refractivity contribution in [3.8, 4) is 22.8 Å². The average molecular weight is 351 g/mol. The predicted molar refractivity (Wildman–Crippen MR) is 94.9 cm³/mol. The lowest BCUT2D eigenvalue weighted by Gasteiger charge is -2.27. The fraction of sp³-hybridized carbons (Fsp3) is 0.250. The number of benzene rings is 2. The minimum absolute atomic E-state index is 0.0122. The maximum absolute atomic E-state index is 13.1. The molecular formula is C20H18FN3O2. The number of amides is 1. The van der Waals surface area contributed by atoms with Crippen LogP contribution in [0.4, 0.5) is 4.39 Å². The first kappa shape index (κ1) is 16.4. The normalized spacial score (nSPS) is 14.4. The summed E-state index contributed by atoms with van der Waals surface area (Å²) in [5.41, 5.74) is 1.83. The van der Waals surface area contributed by atoms with Crippen molar-refractivity contribution >= 4 is 5.91 Å². The van der Waals surface area contributed by atoms with Gasteiger partial charge in [0.05, 0.1) is 11.1 Å². The van der Waals surface area contributed by atoms with Gasteiger partial charge in [0.1, 0.15) is 5.82 Å². The zero-order valence-corrected chi connectivity index (χ0v) is 14.2. The van der Waals surface area contributed by atoms with E-state index in [4.69, 9.17) is 4.52 Å². The molecule has 2 aromatic carbocycles. The second kappa shape index (κ2) is 7.07. The summed E-state index contributed by atoms with van der Waals surface area (Å²) in [6.45, 7) is 1.55. The van der Waals surface area contributed by atoms with Crippen molar-refractivity contribution in [2.24, 2.45) is 0 Å². The Bertz CT molecular complexity index is 915. The number of carbonyl (C=O) groups excluding carboxylic acids is 1. The number of nitrogens with zero attached hydrogens (tertiary/aromatic N) is 3. The highest BCUT2D eigenvalue weighted by Crippen LogP contribution is 2.27. The van der Waals surface area contributed by atoms with E-state index in [0.29, 0.717) is 22.5 Å². The van der Waals surface area contributed by atoms with Gasteiger partial charge in [-0.3, -0.25) is 4.79 Å². The van der Waals surface area contributed by atoms with Crippen LogP contribution in [0.1, 0.15) is 29.6 Å². The van der Waals surface area contributed by atoms with Crippen LogP contribution in [0.3, 0.4) is 0 Å². The van der Waals surface area contributed by atoms with E-state index in [1.54, 1.807) is 24.3 Å². The number of carbonyl (C=O) groups is 1. The lowest BCUT2D eigenvalue weighted by atomic mass is 10.0. The van der Waals surface area contributed by atoms with Gasteiger partial charge in [0.15, 0.2) is 0 Å². The molecule has 6 heteroatoms. The fourth-order valence-electron chi connectivity index (χ4n) is 3.17. The van der Waals surface area contributed by atoms with Crippen molar-refractivity contribution in [1.82, 2.24) is 15.0 Å². The first-order valence-electron chi connectivity index (χ1n) is 8.71. The fourth-order valence-corrected chi connectivity index (χ4v) is 3.17. The quantitative estimate of drug-likeness (QED) is 0.711. The molecule has 26 heavy (non-hydrogen) atoms. The molecule has 4 rings (SSSR count). The molecule has 1 aliphatic rings. The third-order valence-electron chi connectivity index (χ3n) is 4.56. The summed E-state index contributed by atoms with van der Waals surface area (Å²) in [4.78, 5) is 19.2. The van der Waals surface area contributed by atoms with E-state index in [0.717, 1.165) is 32.4 Å². The Kier molecular flexibility index (Phi) is 4.48. The van der Waals surface area contributed by atoms with Gasteiger partial charge in [-0.15, -0.1) is 0 Å². The number of piperidine rings is 1. The highest BCUT2D eigenvalue weighted by molar-refractivity contribution is 6.00. The molecule has 0 bridgehead atoms. The van der Waals surface area contributed by atoms with Crippen molar-refractivity contribution in [2.75, 3.05) is 13.1 Å². The van der Waals surface area contributed by atoms with Gasteiger partial charge >= 0.3 is 0 Å². The van der Waals surface area contributed by atoms with Gasteiger partial charge in [0.25, 0.3) is 11.8 Å². The summed E-state index contributed by atoms with van der Waals surface area (Å²) >= 11 is 0. The number of aromatic nitrogens is 2. The summed E-state index contributed by atoms with van der Waals surface area (Å²) in [5, 5.41) is 3.97. The van der Waals surface area contributed by atoms with Crippen LogP contribution in [0.2, 0.25) is 0 Å². The topological polar surface area (TPSA) is 59.2 Å². The Morgan fingerprint density at radius 3 is 2.50 bits per heavy atom. The maximum atomic E-state index is 13.1. The molecule has 0 atom stereocenters. The van der Waals surface area contributed by atoms with E-state index >= 15 is 0 Å². The minimum Gasteiger partial charge on any atom is -0.339 e. The number of likely N-dealkylation sites (tertiary alicyclic amines) is 1. The van der Waals surface area contributed by atoms with Crippen LogP contribution >= 0.6 is 0 Å². The van der Waals surface area contributed by atoms with Crippen molar-refractivity contribution in [2.45, 2.75) is 19.3 Å². The van der Waals surface area contributed by atoms with Crippen LogP contribution in [-0.4, -0.2) is 34.0 Å². The summed E-state index contributed by atoms with van der Waals surface area (Å²) in [6.07, 6.45) is 3.22. The third-order valence-corrected chi connectivity index (χ3v) is 4.56. The Balaban J connectivity index is 1.66. The summed E-state index contributed by atoms with van der Waals surface area (Å²) in [5.74, 6) is 0.308. The van der Waals surface area contributed by atoms with Crippen LogP contribution < -0.4 is 0 Å². The van der Waals surface area contributed by atoms with Gasteiger partial charge in [-0.25, -0.2) is 4.39 Å². The summed E-state index contributed by atoms with van der Waals surface area (Å²) in [6, 6.07) is 13.1. The van der Waals surface area contributed by atoms with E-state index in [1.807, 2.05) is 17.0 Å². The highest BCUT2D eigenvalue weighted by atomic mass is 19.1. The minimum atomic E-state index is -0.324. The van der Waals surface area contributed by atoms with Gasteiger partial charge in [-0.05, 0) is 55.7 Å². The molecule has 132 valence electrons. The lowest BCUT2D eigenvalue weighted by Crippen LogP contribution is -2.35. The van der Waals surface area contributed by atoms with Crippen LogP contribution in [0.25, 0.3) is 22.8 Å². The molecule has 0 saturated carbocycles. The Morgan fingerprint density at radius 1 is 1.00 bits per heavy atom. The molecule has 3 aromatic rings.